The molecule has 4 rings (SSSR count). The maximum Gasteiger partial charge on any atom is 0.178 e. The molecule has 0 aromatic rings. The summed E-state index contributed by atoms with van der Waals surface area (Å²) in [5.41, 5.74) is 0.505. The van der Waals surface area contributed by atoms with Gasteiger partial charge in [0.15, 0.2) is 11.6 Å². The molecule has 0 N–H and O–H groups in total. The molecular formula is C23H30ClFO3. The van der Waals surface area contributed by atoms with Crippen molar-refractivity contribution in [2.75, 3.05) is 13.1 Å². The molecule has 154 valence electrons. The Kier molecular flexibility index (Phi) is 5.75. The second-order valence-corrected chi connectivity index (χ2v) is 9.68. The van der Waals surface area contributed by atoms with Gasteiger partial charge >= 0.3 is 0 Å². The Morgan fingerprint density at radius 3 is 2.61 bits per heavy atom. The van der Waals surface area contributed by atoms with E-state index in [1.807, 2.05) is 6.08 Å². The van der Waals surface area contributed by atoms with E-state index in [4.69, 9.17) is 11.6 Å². The average molecular weight is 409 g/mol. The summed E-state index contributed by atoms with van der Waals surface area (Å²) in [5.74, 6) is 1.20. The van der Waals surface area contributed by atoms with Gasteiger partial charge in [0.2, 0.25) is 0 Å². The highest BCUT2D eigenvalue weighted by Gasteiger charge is 2.64. The lowest BCUT2D eigenvalue weighted by atomic mass is 9.47. The van der Waals surface area contributed by atoms with Crippen LogP contribution >= 0.6 is 11.6 Å². The molecule has 5 heteroatoms. The summed E-state index contributed by atoms with van der Waals surface area (Å²) in [4.78, 5) is 37.8. The molecule has 4 aliphatic carbocycles. The van der Waals surface area contributed by atoms with Crippen molar-refractivity contribution in [3.8, 4) is 0 Å². The first kappa shape index (κ1) is 21.4. The molecular weight excluding hydrogens is 379 g/mol. The summed E-state index contributed by atoms with van der Waals surface area (Å²) in [5, 5.41) is 0. The molecule has 3 nitrogen and oxygen atoms in total. The molecule has 0 aromatic carbocycles. The molecule has 3 fully saturated rings. The van der Waals surface area contributed by atoms with Crippen molar-refractivity contribution in [3.63, 3.8) is 0 Å². The number of rotatable bonds is 2. The number of allylic oxidation sites excluding steroid dienone is 4. The van der Waals surface area contributed by atoms with Crippen molar-refractivity contribution < 1.29 is 18.8 Å². The second kappa shape index (κ2) is 7.51. The minimum Gasteiger partial charge on any atom is -0.299 e. The van der Waals surface area contributed by atoms with Crippen molar-refractivity contribution in [1.82, 2.24) is 0 Å². The van der Waals surface area contributed by atoms with Crippen molar-refractivity contribution in [2.45, 2.75) is 46.5 Å². The van der Waals surface area contributed by atoms with Crippen molar-refractivity contribution in [2.24, 2.45) is 40.4 Å². The Hall–Kier alpha value is -1.29. The fourth-order valence-electron chi connectivity index (χ4n) is 7.17. The Morgan fingerprint density at radius 1 is 1.29 bits per heavy atom. The van der Waals surface area contributed by atoms with Crippen LogP contribution in [-0.2, 0) is 14.4 Å². The summed E-state index contributed by atoms with van der Waals surface area (Å²) in [7, 11) is 0.500. The van der Waals surface area contributed by atoms with Gasteiger partial charge in [0.25, 0.3) is 0 Å². The smallest absolute Gasteiger partial charge is 0.178 e. The van der Waals surface area contributed by atoms with E-state index >= 15 is 0 Å². The third-order valence-electron chi connectivity index (χ3n) is 8.07. The zero-order valence-electron chi connectivity index (χ0n) is 17.1. The molecule has 28 heavy (non-hydrogen) atoms. The number of carbonyl (C=O) groups excluding carboxylic acids is 3. The average Bonchev–Trinajstić information content (AvgIpc) is 2.93. The largest absolute Gasteiger partial charge is 0.299 e. The van der Waals surface area contributed by atoms with Gasteiger partial charge in [-0.1, -0.05) is 32.4 Å². The molecule has 3 saturated carbocycles. The Bertz CT molecular complexity index is 757. The number of hydrogen-bond donors (Lipinski definition) is 0. The molecule has 0 spiro atoms. The SMILES string of the molecule is CC1CC2C3CCC4=CC(=O)C=CC4(C)C3C(=O)CC2(C)C1C(=O)CCl.CF. The van der Waals surface area contributed by atoms with E-state index in [1.165, 1.54) is 0 Å². The molecule has 7 atom stereocenters. The lowest BCUT2D eigenvalue weighted by Crippen LogP contribution is -2.54. The fourth-order valence-corrected chi connectivity index (χ4v) is 7.33. The third kappa shape index (κ3) is 2.94. The van der Waals surface area contributed by atoms with Gasteiger partial charge in [-0.25, -0.2) is 0 Å². The first-order chi connectivity index (χ1) is 13.2. The summed E-state index contributed by atoms with van der Waals surface area (Å²) in [6.45, 7) is 6.42. The summed E-state index contributed by atoms with van der Waals surface area (Å²) >= 11 is 5.91. The number of Topliss-reactive ketones (excluding diaryl/α,β-unsaturated/α-hetero) is 2. The normalized spacial score (nSPS) is 43.9. The highest BCUT2D eigenvalue weighted by Crippen LogP contribution is 2.66. The van der Waals surface area contributed by atoms with Gasteiger partial charge in [0.05, 0.1) is 13.1 Å². The zero-order chi connectivity index (χ0) is 20.9. The second-order valence-electron chi connectivity index (χ2n) is 9.41. The minimum atomic E-state index is -0.340. The lowest BCUT2D eigenvalue weighted by Gasteiger charge is -2.55. The predicted molar refractivity (Wildman–Crippen MR) is 108 cm³/mol. The van der Waals surface area contributed by atoms with Gasteiger partial charge < -0.3 is 0 Å². The van der Waals surface area contributed by atoms with Crippen LogP contribution in [0, 0.1) is 40.4 Å². The van der Waals surface area contributed by atoms with Crippen LogP contribution in [0.15, 0.2) is 23.8 Å². The van der Waals surface area contributed by atoms with E-state index in [9.17, 15) is 18.8 Å². The summed E-state index contributed by atoms with van der Waals surface area (Å²) < 4.78 is 9.50. The van der Waals surface area contributed by atoms with Gasteiger partial charge in [0.1, 0.15) is 5.78 Å². The Labute approximate surface area is 171 Å². The van der Waals surface area contributed by atoms with E-state index in [-0.39, 0.29) is 57.7 Å². The highest BCUT2D eigenvalue weighted by molar-refractivity contribution is 6.28. The molecule has 4 aliphatic rings. The minimum absolute atomic E-state index is 0.0336. The maximum atomic E-state index is 13.4. The topological polar surface area (TPSA) is 51.2 Å². The van der Waals surface area contributed by atoms with E-state index < -0.39 is 0 Å². The number of halogens is 2. The van der Waals surface area contributed by atoms with Crippen molar-refractivity contribution in [3.05, 3.63) is 23.8 Å². The first-order valence-electron chi connectivity index (χ1n) is 10.2. The number of fused-ring (bicyclic) bond motifs is 5. The van der Waals surface area contributed by atoms with Crippen molar-refractivity contribution in [1.29, 1.82) is 0 Å². The van der Waals surface area contributed by atoms with E-state index in [2.05, 4.69) is 20.8 Å². The Morgan fingerprint density at radius 2 is 1.96 bits per heavy atom. The quantitative estimate of drug-likeness (QED) is 0.620. The first-order valence-corrected chi connectivity index (χ1v) is 10.7. The van der Waals surface area contributed by atoms with Crippen molar-refractivity contribution >= 4 is 29.0 Å². The zero-order valence-corrected chi connectivity index (χ0v) is 17.9. The van der Waals surface area contributed by atoms with Gasteiger partial charge in [-0.15, -0.1) is 11.6 Å². The van der Waals surface area contributed by atoms with E-state index in [0.717, 1.165) is 24.8 Å². The van der Waals surface area contributed by atoms with Crippen LogP contribution in [0.5, 0.6) is 0 Å². The number of ketones is 3. The number of alkyl halides is 2. The Balaban J connectivity index is 0.00000109. The van der Waals surface area contributed by atoms with Crippen LogP contribution in [0.4, 0.5) is 4.39 Å². The number of carbonyl (C=O) groups is 3. The van der Waals surface area contributed by atoms with Crippen LogP contribution in [0.1, 0.15) is 46.5 Å². The summed E-state index contributed by atoms with van der Waals surface area (Å²) in [6.07, 6.45) is 8.61. The van der Waals surface area contributed by atoms with Gasteiger partial charge in [0, 0.05) is 23.7 Å². The fraction of sp³-hybridized carbons (Fsp3) is 0.696. The summed E-state index contributed by atoms with van der Waals surface area (Å²) in [6, 6.07) is 0. The molecule has 7 unspecified atom stereocenters. The highest BCUT2D eigenvalue weighted by atomic mass is 35.5. The van der Waals surface area contributed by atoms with E-state index in [1.54, 1.807) is 12.2 Å². The van der Waals surface area contributed by atoms with Gasteiger partial charge in [-0.05, 0) is 54.6 Å². The van der Waals surface area contributed by atoms with Gasteiger partial charge in [-0.2, -0.15) is 0 Å². The van der Waals surface area contributed by atoms with Crippen LogP contribution in [0.25, 0.3) is 0 Å². The van der Waals surface area contributed by atoms with E-state index in [0.29, 0.717) is 19.5 Å². The molecule has 0 aromatic heterocycles. The molecule has 0 aliphatic heterocycles. The van der Waals surface area contributed by atoms with Gasteiger partial charge in [-0.3, -0.25) is 18.8 Å². The maximum absolute atomic E-state index is 13.4. The third-order valence-corrected chi connectivity index (χ3v) is 8.34. The monoisotopic (exact) mass is 408 g/mol. The van der Waals surface area contributed by atoms with Crippen LogP contribution in [0.3, 0.4) is 0 Å². The van der Waals surface area contributed by atoms with Crippen LogP contribution in [-0.4, -0.2) is 30.4 Å². The molecule has 0 saturated heterocycles. The molecule has 0 radical (unpaired) electrons. The predicted octanol–water partition coefficient (Wildman–Crippen LogP) is 4.73. The molecule has 0 amide bonds. The lowest BCUT2D eigenvalue weighted by molar-refractivity contribution is -0.145. The molecule has 0 bridgehead atoms. The standard InChI is InChI=1S/C22H27ClO3.CH3F/c1-12-8-16-15-5-4-13-9-14(24)6-7-21(13,2)20(15)17(25)10-22(16,3)19(12)18(26)11-23;1-2/h6-7,9,12,15-16,19-20H,4-5,8,10-11H2,1-3H3;1H3. The van der Waals surface area contributed by atoms with Crippen LogP contribution in [0.2, 0.25) is 0 Å². The number of hydrogen-bond acceptors (Lipinski definition) is 3. The van der Waals surface area contributed by atoms with Crippen LogP contribution < -0.4 is 0 Å². The molecule has 0 heterocycles.